The van der Waals surface area contributed by atoms with Gasteiger partial charge in [0, 0.05) is 31.9 Å². The van der Waals surface area contributed by atoms with Crippen LogP contribution in [0.3, 0.4) is 0 Å². The third-order valence-electron chi connectivity index (χ3n) is 4.22. The summed E-state index contributed by atoms with van der Waals surface area (Å²) in [5, 5.41) is 6.57. The maximum absolute atomic E-state index is 11.7. The zero-order chi connectivity index (χ0) is 18.5. The van der Waals surface area contributed by atoms with Gasteiger partial charge in [-0.3, -0.25) is 4.99 Å². The molecule has 0 aliphatic carbocycles. The first-order valence-electron chi connectivity index (χ1n) is 7.89. The van der Waals surface area contributed by atoms with Crippen LogP contribution in [0.15, 0.2) is 28.1 Å². The fourth-order valence-corrected chi connectivity index (χ4v) is 3.06. The molecule has 1 rings (SSSR count). The van der Waals surface area contributed by atoms with Gasteiger partial charge in [-0.2, -0.15) is 0 Å². The number of aliphatic imine (C=N–C) groups is 1. The van der Waals surface area contributed by atoms with E-state index in [0.717, 1.165) is 23.6 Å². The van der Waals surface area contributed by atoms with E-state index in [1.807, 2.05) is 33.2 Å². The van der Waals surface area contributed by atoms with Crippen LogP contribution in [0.4, 0.5) is 0 Å². The van der Waals surface area contributed by atoms with E-state index in [2.05, 4.69) is 34.4 Å². The largest absolute Gasteiger partial charge is 0.355 e. The van der Waals surface area contributed by atoms with Gasteiger partial charge in [0.05, 0.1) is 4.90 Å². The van der Waals surface area contributed by atoms with Gasteiger partial charge in [-0.1, -0.05) is 12.1 Å². The molecule has 25 heavy (non-hydrogen) atoms. The second-order valence-corrected chi connectivity index (χ2v) is 8.84. The van der Waals surface area contributed by atoms with Crippen molar-refractivity contribution < 1.29 is 8.42 Å². The molecule has 0 saturated carbocycles. The second kappa shape index (κ2) is 9.72. The number of benzene rings is 1. The summed E-state index contributed by atoms with van der Waals surface area (Å²) in [7, 11) is 2.64. The molecule has 8 heteroatoms. The molecular formula is C17H31IN4O2S. The summed E-state index contributed by atoms with van der Waals surface area (Å²) in [6, 6.07) is 5.38. The van der Waals surface area contributed by atoms with Crippen molar-refractivity contribution in [3.63, 3.8) is 0 Å². The lowest BCUT2D eigenvalue weighted by Gasteiger charge is -2.33. The summed E-state index contributed by atoms with van der Waals surface area (Å²) >= 11 is 0. The molecule has 0 saturated heterocycles. The first kappa shape index (κ1) is 24.1. The number of rotatable bonds is 6. The van der Waals surface area contributed by atoms with Gasteiger partial charge >= 0.3 is 0 Å². The molecule has 0 radical (unpaired) electrons. The summed E-state index contributed by atoms with van der Waals surface area (Å²) < 4.78 is 23.3. The van der Waals surface area contributed by atoms with E-state index in [1.54, 1.807) is 13.1 Å². The van der Waals surface area contributed by atoms with E-state index in [4.69, 9.17) is 0 Å². The Balaban J connectivity index is 0.00000576. The van der Waals surface area contributed by atoms with Crippen LogP contribution in [0.5, 0.6) is 0 Å². The Morgan fingerprint density at radius 3 is 2.28 bits per heavy atom. The smallest absolute Gasteiger partial charge is 0.191 e. The Morgan fingerprint density at radius 2 is 1.84 bits per heavy atom. The van der Waals surface area contributed by atoms with Crippen LogP contribution in [0.1, 0.15) is 25.0 Å². The molecule has 0 aliphatic heterocycles. The minimum Gasteiger partial charge on any atom is -0.355 e. The second-order valence-electron chi connectivity index (χ2n) is 6.86. The molecule has 1 aromatic carbocycles. The van der Waals surface area contributed by atoms with Crippen molar-refractivity contribution in [2.45, 2.75) is 37.8 Å². The van der Waals surface area contributed by atoms with Crippen LogP contribution in [0.2, 0.25) is 0 Å². The highest BCUT2D eigenvalue weighted by atomic mass is 127. The van der Waals surface area contributed by atoms with Gasteiger partial charge in [-0.05, 0) is 52.1 Å². The predicted molar refractivity (Wildman–Crippen MR) is 116 cm³/mol. The lowest BCUT2D eigenvalue weighted by Crippen LogP contribution is -2.50. The van der Waals surface area contributed by atoms with Gasteiger partial charge in [-0.25, -0.2) is 8.42 Å². The summed E-state index contributed by atoms with van der Waals surface area (Å²) in [6.07, 6.45) is 1.23. The number of likely N-dealkylation sites (N-methyl/N-ethyl adjacent to an activating group) is 1. The van der Waals surface area contributed by atoms with Crippen molar-refractivity contribution >= 4 is 39.8 Å². The van der Waals surface area contributed by atoms with Crippen LogP contribution >= 0.6 is 24.0 Å². The lowest BCUT2D eigenvalue weighted by molar-refractivity contribution is 0.197. The van der Waals surface area contributed by atoms with Gasteiger partial charge in [0.2, 0.25) is 0 Å². The summed E-state index contributed by atoms with van der Waals surface area (Å²) in [5.41, 5.74) is 1.77. The molecule has 0 spiro atoms. The van der Waals surface area contributed by atoms with Crippen LogP contribution in [0.25, 0.3) is 0 Å². The minimum absolute atomic E-state index is 0. The standard InChI is InChI=1S/C17H30N4O2S.HI/c1-13-10-14(8-9-15(13)24(7,22)23)11-19-16(18-4)20-12-17(2,3)21(5)6;/h8-10H,11-12H2,1-7H3,(H2,18,19,20);1H. The molecule has 0 aliphatic rings. The zero-order valence-corrected chi connectivity index (χ0v) is 19.3. The van der Waals surface area contributed by atoms with E-state index < -0.39 is 9.84 Å². The monoisotopic (exact) mass is 482 g/mol. The third-order valence-corrected chi connectivity index (χ3v) is 5.48. The van der Waals surface area contributed by atoms with Crippen molar-refractivity contribution in [1.82, 2.24) is 15.5 Å². The molecule has 0 aromatic heterocycles. The SMILES string of the molecule is CN=C(NCc1ccc(S(C)(=O)=O)c(C)c1)NCC(C)(C)N(C)C.I. The predicted octanol–water partition coefficient (Wildman–Crippen LogP) is 2.02. The average Bonchev–Trinajstić information content (AvgIpc) is 2.45. The van der Waals surface area contributed by atoms with Crippen LogP contribution < -0.4 is 10.6 Å². The van der Waals surface area contributed by atoms with Gasteiger partial charge in [-0.15, -0.1) is 24.0 Å². The lowest BCUT2D eigenvalue weighted by atomic mass is 10.0. The van der Waals surface area contributed by atoms with Crippen molar-refractivity contribution in [3.8, 4) is 0 Å². The molecule has 0 bridgehead atoms. The molecule has 0 amide bonds. The molecule has 0 unspecified atom stereocenters. The van der Waals surface area contributed by atoms with E-state index >= 15 is 0 Å². The molecule has 0 heterocycles. The number of sulfone groups is 1. The topological polar surface area (TPSA) is 73.8 Å². The molecule has 2 N–H and O–H groups in total. The number of halogens is 1. The van der Waals surface area contributed by atoms with E-state index in [-0.39, 0.29) is 29.5 Å². The minimum atomic E-state index is -3.18. The summed E-state index contributed by atoms with van der Waals surface area (Å²) in [6.45, 7) is 7.45. The van der Waals surface area contributed by atoms with E-state index in [1.165, 1.54) is 6.26 Å². The summed E-state index contributed by atoms with van der Waals surface area (Å²) in [5.74, 6) is 0.717. The maximum atomic E-state index is 11.7. The highest BCUT2D eigenvalue weighted by Crippen LogP contribution is 2.16. The highest BCUT2D eigenvalue weighted by Gasteiger charge is 2.20. The van der Waals surface area contributed by atoms with Crippen molar-refractivity contribution in [2.75, 3.05) is 33.9 Å². The highest BCUT2D eigenvalue weighted by molar-refractivity contribution is 14.0. The number of hydrogen-bond donors (Lipinski definition) is 2. The maximum Gasteiger partial charge on any atom is 0.191 e. The number of nitrogens with one attached hydrogen (secondary N) is 2. The first-order valence-corrected chi connectivity index (χ1v) is 9.78. The fraction of sp³-hybridized carbons (Fsp3) is 0.588. The van der Waals surface area contributed by atoms with E-state index in [0.29, 0.717) is 11.4 Å². The Bertz CT molecular complexity index is 701. The molecule has 144 valence electrons. The third kappa shape index (κ3) is 7.49. The van der Waals surface area contributed by atoms with Gasteiger partial charge in [0.15, 0.2) is 15.8 Å². The quantitative estimate of drug-likeness (QED) is 0.369. The van der Waals surface area contributed by atoms with Gasteiger partial charge < -0.3 is 15.5 Å². The first-order chi connectivity index (χ1) is 11.0. The number of hydrogen-bond acceptors (Lipinski definition) is 4. The molecule has 0 fully saturated rings. The number of guanidine groups is 1. The zero-order valence-electron chi connectivity index (χ0n) is 16.2. The summed E-state index contributed by atoms with van der Waals surface area (Å²) in [4.78, 5) is 6.75. The number of nitrogens with zero attached hydrogens (tertiary/aromatic N) is 2. The van der Waals surface area contributed by atoms with Gasteiger partial charge in [0.1, 0.15) is 0 Å². The van der Waals surface area contributed by atoms with Crippen molar-refractivity contribution in [3.05, 3.63) is 29.3 Å². The van der Waals surface area contributed by atoms with Crippen LogP contribution in [0, 0.1) is 6.92 Å². The normalized spacial score (nSPS) is 12.7. The van der Waals surface area contributed by atoms with Crippen molar-refractivity contribution in [2.24, 2.45) is 4.99 Å². The van der Waals surface area contributed by atoms with Crippen LogP contribution in [-0.4, -0.2) is 58.8 Å². The number of aryl methyl sites for hydroxylation is 1. The Hall–Kier alpha value is -0.870. The average molecular weight is 482 g/mol. The molecule has 6 nitrogen and oxygen atoms in total. The van der Waals surface area contributed by atoms with Gasteiger partial charge in [0.25, 0.3) is 0 Å². The fourth-order valence-electron chi connectivity index (χ4n) is 2.10. The molecular weight excluding hydrogens is 451 g/mol. The van der Waals surface area contributed by atoms with E-state index in [9.17, 15) is 8.42 Å². The Morgan fingerprint density at radius 1 is 1.24 bits per heavy atom. The molecule has 0 atom stereocenters. The Kier molecular flexibility index (Phi) is 9.39. The van der Waals surface area contributed by atoms with Crippen molar-refractivity contribution in [1.29, 1.82) is 0 Å². The van der Waals surface area contributed by atoms with Crippen LogP contribution in [-0.2, 0) is 16.4 Å². The molecule has 1 aromatic rings. The Labute approximate surface area is 169 Å².